The quantitative estimate of drug-likeness (QED) is 0.758. The van der Waals surface area contributed by atoms with E-state index in [0.717, 1.165) is 25.0 Å². The van der Waals surface area contributed by atoms with Crippen molar-refractivity contribution < 1.29 is 32.2 Å². The minimum absolute atomic E-state index is 0.255. The third kappa shape index (κ3) is 6.42. The minimum Gasteiger partial charge on any atom is -0.466 e. The second kappa shape index (κ2) is 9.07. The molecule has 0 spiro atoms. The zero-order valence-corrected chi connectivity index (χ0v) is 15.2. The number of esters is 1. The Balaban J connectivity index is 1.92. The number of halogens is 3. The van der Waals surface area contributed by atoms with Crippen LogP contribution in [-0.4, -0.2) is 48.9 Å². The molecule has 1 aliphatic rings. The summed E-state index contributed by atoms with van der Waals surface area (Å²) in [6.07, 6.45) is -3.25. The van der Waals surface area contributed by atoms with Crippen LogP contribution in [0.2, 0.25) is 0 Å². The van der Waals surface area contributed by atoms with Crippen LogP contribution in [0.1, 0.15) is 26.7 Å². The Bertz CT molecular complexity index is 649. The third-order valence-electron chi connectivity index (χ3n) is 4.36. The van der Waals surface area contributed by atoms with Crippen molar-refractivity contribution in [3.8, 4) is 5.75 Å². The predicted molar refractivity (Wildman–Crippen MR) is 92.1 cm³/mol. The van der Waals surface area contributed by atoms with Crippen molar-refractivity contribution in [2.45, 2.75) is 39.1 Å². The number of alkyl halides is 3. The molecule has 1 heterocycles. The van der Waals surface area contributed by atoms with Gasteiger partial charge in [0.05, 0.1) is 18.6 Å². The van der Waals surface area contributed by atoms with E-state index in [1.54, 1.807) is 13.8 Å². The van der Waals surface area contributed by atoms with E-state index in [4.69, 9.17) is 4.74 Å². The lowest BCUT2D eigenvalue weighted by Gasteiger charge is -2.35. The maximum Gasteiger partial charge on any atom is 0.573 e. The number of nitrogens with one attached hydrogen (secondary N) is 1. The van der Waals surface area contributed by atoms with Crippen LogP contribution in [0.15, 0.2) is 24.3 Å². The molecule has 2 rings (SSSR count). The van der Waals surface area contributed by atoms with Crippen LogP contribution in [0, 0.1) is 5.92 Å². The number of carbonyl (C=O) groups is 2. The summed E-state index contributed by atoms with van der Waals surface area (Å²) in [5.41, 5.74) is 0.361. The molecule has 2 atom stereocenters. The summed E-state index contributed by atoms with van der Waals surface area (Å²) in [6.45, 7) is 4.91. The molecular weight excluding hydrogens is 365 g/mol. The van der Waals surface area contributed by atoms with E-state index in [9.17, 15) is 22.8 Å². The van der Waals surface area contributed by atoms with Gasteiger partial charge in [-0.1, -0.05) is 0 Å². The molecule has 6 nitrogen and oxygen atoms in total. The zero-order chi connectivity index (χ0) is 20.0. The molecule has 0 aromatic heterocycles. The highest BCUT2D eigenvalue weighted by atomic mass is 19.4. The van der Waals surface area contributed by atoms with Gasteiger partial charge in [0.1, 0.15) is 5.75 Å². The molecular formula is C18H23F3N2O4. The first-order chi connectivity index (χ1) is 12.7. The number of hydrogen-bond acceptors (Lipinski definition) is 5. The van der Waals surface area contributed by atoms with Crippen LogP contribution in [0.4, 0.5) is 18.9 Å². The molecule has 1 amide bonds. The summed E-state index contributed by atoms with van der Waals surface area (Å²) in [6, 6.07) is 4.44. The van der Waals surface area contributed by atoms with Gasteiger partial charge in [0.25, 0.3) is 0 Å². The van der Waals surface area contributed by atoms with E-state index in [0.29, 0.717) is 25.4 Å². The molecule has 0 aliphatic carbocycles. The number of nitrogens with zero attached hydrogens (tertiary/aromatic N) is 1. The first kappa shape index (κ1) is 21.0. The molecule has 1 aromatic carbocycles. The van der Waals surface area contributed by atoms with Gasteiger partial charge in [-0.25, -0.2) is 0 Å². The van der Waals surface area contributed by atoms with Crippen molar-refractivity contribution in [2.75, 3.05) is 25.0 Å². The molecule has 150 valence electrons. The number of anilines is 1. The highest BCUT2D eigenvalue weighted by molar-refractivity contribution is 5.94. The Labute approximate surface area is 155 Å². The topological polar surface area (TPSA) is 67.9 Å². The first-order valence-corrected chi connectivity index (χ1v) is 8.77. The molecule has 9 heteroatoms. The fraction of sp³-hybridized carbons (Fsp3) is 0.556. The number of likely N-dealkylation sites (tertiary alicyclic amines) is 1. The molecule has 1 fully saturated rings. The summed E-state index contributed by atoms with van der Waals surface area (Å²) >= 11 is 0. The van der Waals surface area contributed by atoms with Crippen molar-refractivity contribution >= 4 is 17.6 Å². The lowest BCUT2D eigenvalue weighted by atomic mass is 9.97. The van der Waals surface area contributed by atoms with Crippen molar-refractivity contribution in [2.24, 2.45) is 5.92 Å². The van der Waals surface area contributed by atoms with Gasteiger partial charge in [0.2, 0.25) is 5.91 Å². The van der Waals surface area contributed by atoms with Gasteiger partial charge in [0, 0.05) is 12.2 Å². The van der Waals surface area contributed by atoms with E-state index in [2.05, 4.69) is 10.1 Å². The zero-order valence-electron chi connectivity index (χ0n) is 15.2. The third-order valence-corrected chi connectivity index (χ3v) is 4.36. The SMILES string of the molecule is CCOC(=O)[C@H]1CCCN([C@H](C)C(=O)Nc2ccc(OC(F)(F)F)cc2)C1. The van der Waals surface area contributed by atoms with Crippen molar-refractivity contribution in [1.82, 2.24) is 4.90 Å². The van der Waals surface area contributed by atoms with Crippen LogP contribution in [-0.2, 0) is 14.3 Å². The molecule has 0 bridgehead atoms. The van der Waals surface area contributed by atoms with E-state index >= 15 is 0 Å². The minimum atomic E-state index is -4.76. The summed E-state index contributed by atoms with van der Waals surface area (Å²) in [5, 5.41) is 2.66. The lowest BCUT2D eigenvalue weighted by Crippen LogP contribution is -2.48. The molecule has 27 heavy (non-hydrogen) atoms. The first-order valence-electron chi connectivity index (χ1n) is 8.77. The molecule has 0 radical (unpaired) electrons. The second-order valence-electron chi connectivity index (χ2n) is 6.32. The Kier molecular flexibility index (Phi) is 7.06. The molecule has 1 saturated heterocycles. The van der Waals surface area contributed by atoms with Crippen LogP contribution >= 0.6 is 0 Å². The van der Waals surface area contributed by atoms with Crippen LogP contribution < -0.4 is 10.1 Å². The van der Waals surface area contributed by atoms with Gasteiger partial charge < -0.3 is 14.8 Å². The number of ether oxygens (including phenoxy) is 2. The Morgan fingerprint density at radius 1 is 1.30 bits per heavy atom. The van der Waals surface area contributed by atoms with Crippen molar-refractivity contribution in [3.05, 3.63) is 24.3 Å². The monoisotopic (exact) mass is 388 g/mol. The number of hydrogen-bond donors (Lipinski definition) is 1. The summed E-state index contributed by atoms with van der Waals surface area (Å²) in [7, 11) is 0. The van der Waals surface area contributed by atoms with Crippen LogP contribution in [0.5, 0.6) is 5.75 Å². The fourth-order valence-electron chi connectivity index (χ4n) is 2.96. The number of benzene rings is 1. The highest BCUT2D eigenvalue weighted by Gasteiger charge is 2.32. The van der Waals surface area contributed by atoms with Gasteiger partial charge >= 0.3 is 12.3 Å². The van der Waals surface area contributed by atoms with Crippen LogP contribution in [0.3, 0.4) is 0 Å². The van der Waals surface area contributed by atoms with Gasteiger partial charge in [-0.15, -0.1) is 13.2 Å². The maximum atomic E-state index is 12.4. The smallest absolute Gasteiger partial charge is 0.466 e. The summed E-state index contributed by atoms with van der Waals surface area (Å²) < 4.78 is 45.4. The Morgan fingerprint density at radius 3 is 2.56 bits per heavy atom. The van der Waals surface area contributed by atoms with E-state index < -0.39 is 12.4 Å². The number of amides is 1. The van der Waals surface area contributed by atoms with Gasteiger partial charge in [0.15, 0.2) is 0 Å². The molecule has 1 aromatic rings. The maximum absolute atomic E-state index is 12.4. The van der Waals surface area contributed by atoms with E-state index in [-0.39, 0.29) is 23.5 Å². The molecule has 0 saturated carbocycles. The van der Waals surface area contributed by atoms with E-state index in [1.807, 2.05) is 4.90 Å². The number of carbonyl (C=O) groups excluding carboxylic acids is 2. The largest absolute Gasteiger partial charge is 0.573 e. The fourth-order valence-corrected chi connectivity index (χ4v) is 2.96. The van der Waals surface area contributed by atoms with Crippen molar-refractivity contribution in [3.63, 3.8) is 0 Å². The van der Waals surface area contributed by atoms with Crippen molar-refractivity contribution in [1.29, 1.82) is 0 Å². The number of piperidine rings is 1. The highest BCUT2D eigenvalue weighted by Crippen LogP contribution is 2.24. The Morgan fingerprint density at radius 2 is 1.96 bits per heavy atom. The molecule has 1 aliphatic heterocycles. The average Bonchev–Trinajstić information content (AvgIpc) is 2.62. The summed E-state index contributed by atoms with van der Waals surface area (Å²) in [5.74, 6) is -1.17. The predicted octanol–water partition coefficient (Wildman–Crippen LogP) is 3.19. The van der Waals surface area contributed by atoms with Gasteiger partial charge in [-0.3, -0.25) is 14.5 Å². The standard InChI is InChI=1S/C18H23F3N2O4/c1-3-26-17(25)13-5-4-10-23(11-13)12(2)16(24)22-14-6-8-15(9-7-14)27-18(19,20)21/h6-9,12-13H,3-5,10-11H2,1-2H3,(H,22,24)/t12-,13+/m1/s1. The normalized spacial score (nSPS) is 19.2. The second-order valence-corrected chi connectivity index (χ2v) is 6.32. The Hall–Kier alpha value is -2.29. The van der Waals surface area contributed by atoms with Crippen LogP contribution in [0.25, 0.3) is 0 Å². The van der Waals surface area contributed by atoms with E-state index in [1.165, 1.54) is 12.1 Å². The van der Waals surface area contributed by atoms with Gasteiger partial charge in [-0.05, 0) is 57.5 Å². The molecule has 1 N–H and O–H groups in total. The number of rotatable bonds is 6. The van der Waals surface area contributed by atoms with Gasteiger partial charge in [-0.2, -0.15) is 0 Å². The lowest BCUT2D eigenvalue weighted by molar-refractivity contribution is -0.274. The average molecular weight is 388 g/mol. The molecule has 0 unspecified atom stereocenters. The summed E-state index contributed by atoms with van der Waals surface area (Å²) in [4.78, 5) is 26.3.